The summed E-state index contributed by atoms with van der Waals surface area (Å²) in [6.45, 7) is 2.99. The highest BCUT2D eigenvalue weighted by atomic mass is 16.5. The van der Waals surface area contributed by atoms with Gasteiger partial charge in [0, 0.05) is 18.7 Å². The van der Waals surface area contributed by atoms with E-state index in [-0.39, 0.29) is 18.2 Å². The van der Waals surface area contributed by atoms with Crippen LogP contribution in [0.4, 0.5) is 4.79 Å². The number of furan rings is 1. The molecule has 1 aliphatic rings. The number of carbonyl (C=O) groups is 1. The first-order valence-corrected chi connectivity index (χ1v) is 7.48. The molecule has 0 radical (unpaired) electrons. The van der Waals surface area contributed by atoms with Crippen molar-refractivity contribution < 1.29 is 13.9 Å². The van der Waals surface area contributed by atoms with Crippen molar-refractivity contribution in [3.8, 4) is 0 Å². The molecule has 0 saturated carbocycles. The van der Waals surface area contributed by atoms with E-state index < -0.39 is 0 Å². The third kappa shape index (κ3) is 3.31. The normalized spacial score (nSPS) is 20.8. The molecule has 2 N–H and O–H groups in total. The molecule has 1 aliphatic heterocycles. The number of nitrogens with one attached hydrogen (secondary N) is 2. The lowest BCUT2D eigenvalue weighted by Crippen LogP contribution is -2.43. The number of carbonyl (C=O) groups excluding carboxylic acids is 1. The van der Waals surface area contributed by atoms with Crippen LogP contribution < -0.4 is 10.6 Å². The van der Waals surface area contributed by atoms with Crippen LogP contribution >= 0.6 is 0 Å². The van der Waals surface area contributed by atoms with Gasteiger partial charge in [0.25, 0.3) is 0 Å². The van der Waals surface area contributed by atoms with Crippen LogP contribution in [0.5, 0.6) is 0 Å². The highest BCUT2D eigenvalue weighted by Gasteiger charge is 2.30. The lowest BCUT2D eigenvalue weighted by Gasteiger charge is -2.20. The van der Waals surface area contributed by atoms with Gasteiger partial charge in [-0.2, -0.15) is 0 Å². The van der Waals surface area contributed by atoms with Gasteiger partial charge in [-0.15, -0.1) is 0 Å². The van der Waals surface area contributed by atoms with Crippen LogP contribution in [0.1, 0.15) is 29.4 Å². The Hall–Kier alpha value is -2.27. The molecule has 2 atom stereocenters. The first kappa shape index (κ1) is 14.7. The van der Waals surface area contributed by atoms with Crippen LogP contribution in [0.25, 0.3) is 0 Å². The third-order valence-electron chi connectivity index (χ3n) is 3.94. The molecule has 22 heavy (non-hydrogen) atoms. The van der Waals surface area contributed by atoms with Crippen molar-refractivity contribution in [1.82, 2.24) is 10.6 Å². The smallest absolute Gasteiger partial charge is 0.315 e. The molecule has 1 saturated heterocycles. The van der Waals surface area contributed by atoms with Crippen molar-refractivity contribution in [2.45, 2.75) is 32.0 Å². The Labute approximate surface area is 129 Å². The predicted octanol–water partition coefficient (Wildman–Crippen LogP) is 2.92. The van der Waals surface area contributed by atoms with Gasteiger partial charge in [0.2, 0.25) is 0 Å². The minimum Gasteiger partial charge on any atom is -0.469 e. The van der Waals surface area contributed by atoms with Crippen LogP contribution in [-0.2, 0) is 11.3 Å². The second-order valence-corrected chi connectivity index (χ2v) is 5.43. The number of hydrogen-bond acceptors (Lipinski definition) is 3. The minimum atomic E-state index is -0.183. The zero-order chi connectivity index (χ0) is 15.4. The molecule has 5 heteroatoms. The van der Waals surface area contributed by atoms with E-state index in [1.165, 1.54) is 0 Å². The average Bonchev–Trinajstić information content (AvgIpc) is 3.15. The van der Waals surface area contributed by atoms with E-state index in [2.05, 4.69) is 10.6 Å². The maximum Gasteiger partial charge on any atom is 0.315 e. The van der Waals surface area contributed by atoms with Gasteiger partial charge >= 0.3 is 6.03 Å². The van der Waals surface area contributed by atoms with E-state index in [9.17, 15) is 4.79 Å². The van der Waals surface area contributed by atoms with Gasteiger partial charge in [-0.3, -0.25) is 0 Å². The summed E-state index contributed by atoms with van der Waals surface area (Å²) in [6, 6.07) is 11.7. The van der Waals surface area contributed by atoms with Crippen LogP contribution in [0.15, 0.2) is 47.1 Å². The molecule has 116 valence electrons. The fourth-order valence-corrected chi connectivity index (χ4v) is 2.70. The number of benzene rings is 1. The maximum atomic E-state index is 12.1. The Kier molecular flexibility index (Phi) is 4.44. The summed E-state index contributed by atoms with van der Waals surface area (Å²) >= 11 is 0. The summed E-state index contributed by atoms with van der Waals surface area (Å²) in [5.74, 6) is 0.826. The summed E-state index contributed by atoms with van der Waals surface area (Å²) < 4.78 is 11.0. The Morgan fingerprint density at radius 3 is 2.82 bits per heavy atom. The largest absolute Gasteiger partial charge is 0.469 e. The number of ether oxygens (including phenoxy) is 1. The molecular formula is C17H20N2O3. The van der Waals surface area contributed by atoms with E-state index in [1.54, 1.807) is 6.26 Å². The van der Waals surface area contributed by atoms with Crippen LogP contribution in [-0.4, -0.2) is 18.7 Å². The maximum absolute atomic E-state index is 12.1. The van der Waals surface area contributed by atoms with Crippen LogP contribution in [0, 0.1) is 6.92 Å². The molecule has 0 unspecified atom stereocenters. The summed E-state index contributed by atoms with van der Waals surface area (Å²) in [6.07, 6.45) is 2.36. The van der Waals surface area contributed by atoms with Gasteiger partial charge < -0.3 is 19.8 Å². The molecule has 1 fully saturated rings. The van der Waals surface area contributed by atoms with Gasteiger partial charge in [0.15, 0.2) is 0 Å². The summed E-state index contributed by atoms with van der Waals surface area (Å²) in [5, 5.41) is 5.86. The topological polar surface area (TPSA) is 63.5 Å². The highest BCUT2D eigenvalue weighted by Crippen LogP contribution is 2.28. The molecule has 2 amide bonds. The van der Waals surface area contributed by atoms with E-state index in [4.69, 9.17) is 9.15 Å². The molecule has 5 nitrogen and oxygen atoms in total. The summed E-state index contributed by atoms with van der Waals surface area (Å²) in [4.78, 5) is 12.1. The van der Waals surface area contributed by atoms with Gasteiger partial charge in [0.05, 0.1) is 12.3 Å². The Morgan fingerprint density at radius 1 is 1.27 bits per heavy atom. The van der Waals surface area contributed by atoms with Crippen LogP contribution in [0.3, 0.4) is 0 Å². The first-order valence-electron chi connectivity index (χ1n) is 7.48. The molecule has 3 rings (SSSR count). The minimum absolute atomic E-state index is 0.00662. The first-order chi connectivity index (χ1) is 10.7. The van der Waals surface area contributed by atoms with Gasteiger partial charge in [-0.05, 0) is 25.0 Å². The quantitative estimate of drug-likeness (QED) is 0.912. The van der Waals surface area contributed by atoms with Crippen molar-refractivity contribution in [3.63, 3.8) is 0 Å². The lowest BCUT2D eigenvalue weighted by atomic mass is 10.0. The van der Waals surface area contributed by atoms with Gasteiger partial charge in [0.1, 0.15) is 11.9 Å². The molecule has 1 aromatic carbocycles. The number of urea groups is 1. The lowest BCUT2D eigenvalue weighted by molar-refractivity contribution is 0.0999. The van der Waals surface area contributed by atoms with Crippen molar-refractivity contribution in [3.05, 3.63) is 59.5 Å². The molecular weight excluding hydrogens is 280 g/mol. The van der Waals surface area contributed by atoms with Crippen molar-refractivity contribution in [1.29, 1.82) is 0 Å². The van der Waals surface area contributed by atoms with E-state index in [0.29, 0.717) is 13.2 Å². The Morgan fingerprint density at radius 2 is 2.09 bits per heavy atom. The fourth-order valence-electron chi connectivity index (χ4n) is 2.70. The predicted molar refractivity (Wildman–Crippen MR) is 82.4 cm³/mol. The molecule has 1 aromatic heterocycles. The molecule has 2 aromatic rings. The van der Waals surface area contributed by atoms with E-state index in [0.717, 1.165) is 23.3 Å². The summed E-state index contributed by atoms with van der Waals surface area (Å²) in [7, 11) is 0. The van der Waals surface area contributed by atoms with Crippen LogP contribution in [0.2, 0.25) is 0 Å². The van der Waals surface area contributed by atoms with Crippen molar-refractivity contribution in [2.24, 2.45) is 0 Å². The molecule has 0 spiro atoms. The SMILES string of the molecule is Cc1occc1CNC(=O)N[C@@H]1CCO[C@@H]1c1ccccc1. The molecule has 0 bridgehead atoms. The monoisotopic (exact) mass is 300 g/mol. The second kappa shape index (κ2) is 6.66. The average molecular weight is 300 g/mol. The standard InChI is InChI=1S/C17H20N2O3/c1-12-14(7-9-21-12)11-18-17(20)19-15-8-10-22-16(15)13-5-3-2-4-6-13/h2-7,9,15-16H,8,10-11H2,1H3,(H2,18,19,20)/t15-,16-/m1/s1. The van der Waals surface area contributed by atoms with E-state index >= 15 is 0 Å². The van der Waals surface area contributed by atoms with Crippen molar-refractivity contribution >= 4 is 6.03 Å². The second-order valence-electron chi connectivity index (χ2n) is 5.43. The Balaban J connectivity index is 1.55. The molecule has 2 heterocycles. The Bertz CT molecular complexity index is 624. The third-order valence-corrected chi connectivity index (χ3v) is 3.94. The number of amides is 2. The van der Waals surface area contributed by atoms with E-state index in [1.807, 2.05) is 43.3 Å². The zero-order valence-electron chi connectivity index (χ0n) is 12.5. The zero-order valence-corrected chi connectivity index (χ0v) is 12.5. The van der Waals surface area contributed by atoms with Gasteiger partial charge in [-0.1, -0.05) is 30.3 Å². The van der Waals surface area contributed by atoms with Gasteiger partial charge in [-0.25, -0.2) is 4.79 Å². The van der Waals surface area contributed by atoms with Crippen molar-refractivity contribution in [2.75, 3.05) is 6.61 Å². The number of hydrogen-bond donors (Lipinski definition) is 2. The number of rotatable bonds is 4. The highest BCUT2D eigenvalue weighted by molar-refractivity contribution is 5.74. The summed E-state index contributed by atoms with van der Waals surface area (Å²) in [5.41, 5.74) is 2.08. The number of aryl methyl sites for hydroxylation is 1. The fraction of sp³-hybridized carbons (Fsp3) is 0.353. The molecule has 0 aliphatic carbocycles.